The van der Waals surface area contributed by atoms with E-state index in [0.29, 0.717) is 11.1 Å². The first-order chi connectivity index (χ1) is 9.16. The van der Waals surface area contributed by atoms with Crippen LogP contribution in [0.3, 0.4) is 0 Å². The Morgan fingerprint density at radius 2 is 2.00 bits per heavy atom. The van der Waals surface area contributed by atoms with Gasteiger partial charge >= 0.3 is 5.97 Å². The number of benzene rings is 1. The minimum atomic E-state index is -1.03. The van der Waals surface area contributed by atoms with E-state index in [1.165, 1.54) is 18.3 Å². The number of rotatable bonds is 2. The molecule has 0 spiro atoms. The molecule has 4 heteroatoms. The molecule has 3 aromatic rings. The fraction of sp³-hybridized carbons (Fsp3) is 0. The number of aromatic carboxylic acids is 1. The van der Waals surface area contributed by atoms with Gasteiger partial charge in [-0.1, -0.05) is 18.2 Å². The topological polar surface area (TPSA) is 41.7 Å². The minimum absolute atomic E-state index is 0.164. The second-order valence-corrected chi connectivity index (χ2v) is 4.23. The average Bonchev–Trinajstić information content (AvgIpc) is 2.78. The van der Waals surface area contributed by atoms with Gasteiger partial charge in [0.05, 0.1) is 11.1 Å². The Balaban J connectivity index is 2.38. The zero-order chi connectivity index (χ0) is 13.4. The van der Waals surface area contributed by atoms with Crippen LogP contribution < -0.4 is 0 Å². The number of hydrogen-bond donors (Lipinski definition) is 1. The summed E-state index contributed by atoms with van der Waals surface area (Å²) in [6.45, 7) is 0. The molecule has 94 valence electrons. The maximum Gasteiger partial charge on any atom is 0.337 e. The van der Waals surface area contributed by atoms with E-state index >= 15 is 0 Å². The van der Waals surface area contributed by atoms with Crippen molar-refractivity contribution in [2.75, 3.05) is 0 Å². The lowest BCUT2D eigenvalue weighted by atomic mass is 10.0. The van der Waals surface area contributed by atoms with Gasteiger partial charge in [-0.25, -0.2) is 9.18 Å². The smallest absolute Gasteiger partial charge is 0.337 e. The minimum Gasteiger partial charge on any atom is -0.478 e. The predicted octanol–water partition coefficient (Wildman–Crippen LogP) is 3.44. The summed E-state index contributed by atoms with van der Waals surface area (Å²) in [5, 5.41) is 9.29. The van der Waals surface area contributed by atoms with Crippen LogP contribution in [0, 0.1) is 5.82 Å². The fourth-order valence-corrected chi connectivity index (χ4v) is 2.23. The van der Waals surface area contributed by atoms with E-state index in [1.54, 1.807) is 22.7 Å². The Labute approximate surface area is 108 Å². The normalized spacial score (nSPS) is 10.8. The molecule has 0 fully saturated rings. The van der Waals surface area contributed by atoms with Gasteiger partial charge in [0, 0.05) is 18.0 Å². The summed E-state index contributed by atoms with van der Waals surface area (Å²) in [5.41, 5.74) is 2.00. The number of fused-ring (bicyclic) bond motifs is 1. The number of carboxylic acids is 1. The van der Waals surface area contributed by atoms with Crippen LogP contribution in [0.25, 0.3) is 16.6 Å². The van der Waals surface area contributed by atoms with Crippen molar-refractivity contribution in [3.8, 4) is 11.1 Å². The van der Waals surface area contributed by atoms with E-state index in [-0.39, 0.29) is 11.4 Å². The molecular formula is C15H10FNO2. The summed E-state index contributed by atoms with van der Waals surface area (Å²) in [6.07, 6.45) is 3.31. The van der Waals surface area contributed by atoms with Crippen LogP contribution >= 0.6 is 0 Å². The third kappa shape index (κ3) is 1.87. The van der Waals surface area contributed by atoms with Crippen molar-refractivity contribution in [2.24, 2.45) is 0 Å². The van der Waals surface area contributed by atoms with Crippen LogP contribution in [-0.4, -0.2) is 15.5 Å². The highest BCUT2D eigenvalue weighted by Crippen LogP contribution is 2.30. The molecule has 3 nitrogen and oxygen atoms in total. The van der Waals surface area contributed by atoms with E-state index in [1.807, 2.05) is 18.2 Å². The molecule has 3 rings (SSSR count). The molecule has 0 atom stereocenters. The molecule has 2 aromatic heterocycles. The van der Waals surface area contributed by atoms with Gasteiger partial charge in [-0.3, -0.25) is 0 Å². The summed E-state index contributed by atoms with van der Waals surface area (Å²) >= 11 is 0. The Kier molecular flexibility index (Phi) is 2.56. The van der Waals surface area contributed by atoms with Gasteiger partial charge in [0.25, 0.3) is 0 Å². The van der Waals surface area contributed by atoms with Crippen LogP contribution in [0.5, 0.6) is 0 Å². The van der Waals surface area contributed by atoms with Crippen molar-refractivity contribution in [1.82, 2.24) is 4.40 Å². The average molecular weight is 255 g/mol. The molecule has 0 unspecified atom stereocenters. The lowest BCUT2D eigenvalue weighted by Gasteiger charge is -2.02. The second-order valence-electron chi connectivity index (χ2n) is 4.23. The van der Waals surface area contributed by atoms with Crippen molar-refractivity contribution in [1.29, 1.82) is 0 Å². The van der Waals surface area contributed by atoms with E-state index < -0.39 is 5.97 Å². The molecular weight excluding hydrogens is 245 g/mol. The number of hydrogen-bond acceptors (Lipinski definition) is 1. The Morgan fingerprint density at radius 3 is 2.74 bits per heavy atom. The van der Waals surface area contributed by atoms with E-state index in [0.717, 1.165) is 5.52 Å². The van der Waals surface area contributed by atoms with Crippen molar-refractivity contribution in [3.05, 3.63) is 66.2 Å². The van der Waals surface area contributed by atoms with Crippen LogP contribution in [0.1, 0.15) is 10.4 Å². The Hall–Kier alpha value is -2.62. The summed E-state index contributed by atoms with van der Waals surface area (Å²) in [5.74, 6) is -1.41. The highest BCUT2D eigenvalue weighted by Gasteiger charge is 2.17. The molecule has 0 bridgehead atoms. The lowest BCUT2D eigenvalue weighted by Crippen LogP contribution is -1.96. The number of carbonyl (C=O) groups is 1. The first-order valence-corrected chi connectivity index (χ1v) is 5.76. The number of aromatic nitrogens is 1. The van der Waals surface area contributed by atoms with Crippen molar-refractivity contribution < 1.29 is 14.3 Å². The Morgan fingerprint density at radius 1 is 1.16 bits per heavy atom. The predicted molar refractivity (Wildman–Crippen MR) is 69.8 cm³/mol. The lowest BCUT2D eigenvalue weighted by molar-refractivity contribution is 0.0698. The van der Waals surface area contributed by atoms with Gasteiger partial charge in [-0.05, 0) is 29.8 Å². The number of nitrogens with zero attached hydrogens (tertiary/aromatic N) is 1. The van der Waals surface area contributed by atoms with Crippen LogP contribution in [0.4, 0.5) is 4.39 Å². The summed E-state index contributed by atoms with van der Waals surface area (Å²) in [4.78, 5) is 11.3. The molecule has 0 radical (unpaired) electrons. The maximum absolute atomic E-state index is 13.3. The molecule has 1 aromatic carbocycles. The molecule has 0 aliphatic heterocycles. The molecule has 0 saturated heterocycles. The SMILES string of the molecule is O=C(O)c1cn2ccccc2c1-c1cccc(F)c1. The third-order valence-electron chi connectivity index (χ3n) is 3.03. The van der Waals surface area contributed by atoms with Gasteiger partial charge in [0.15, 0.2) is 0 Å². The zero-order valence-corrected chi connectivity index (χ0v) is 9.88. The van der Waals surface area contributed by atoms with E-state index in [2.05, 4.69) is 0 Å². The summed E-state index contributed by atoms with van der Waals surface area (Å²) in [6, 6.07) is 11.4. The first-order valence-electron chi connectivity index (χ1n) is 5.76. The van der Waals surface area contributed by atoms with Crippen LogP contribution in [-0.2, 0) is 0 Å². The monoisotopic (exact) mass is 255 g/mol. The number of pyridine rings is 1. The zero-order valence-electron chi connectivity index (χ0n) is 9.88. The largest absolute Gasteiger partial charge is 0.478 e. The molecule has 19 heavy (non-hydrogen) atoms. The molecule has 2 heterocycles. The summed E-state index contributed by atoms with van der Waals surface area (Å²) < 4.78 is 15.1. The van der Waals surface area contributed by atoms with Crippen molar-refractivity contribution in [3.63, 3.8) is 0 Å². The molecule has 0 saturated carbocycles. The van der Waals surface area contributed by atoms with Crippen molar-refractivity contribution >= 4 is 11.5 Å². The highest BCUT2D eigenvalue weighted by atomic mass is 19.1. The molecule has 0 amide bonds. The van der Waals surface area contributed by atoms with Crippen LogP contribution in [0.15, 0.2) is 54.9 Å². The third-order valence-corrected chi connectivity index (χ3v) is 3.03. The fourth-order valence-electron chi connectivity index (χ4n) is 2.23. The van der Waals surface area contributed by atoms with Gasteiger partial charge < -0.3 is 9.51 Å². The summed E-state index contributed by atoms with van der Waals surface area (Å²) in [7, 11) is 0. The maximum atomic E-state index is 13.3. The van der Waals surface area contributed by atoms with Gasteiger partial charge in [-0.2, -0.15) is 0 Å². The highest BCUT2D eigenvalue weighted by molar-refractivity contribution is 6.01. The number of halogens is 1. The van der Waals surface area contributed by atoms with E-state index in [9.17, 15) is 14.3 Å². The molecule has 0 aliphatic rings. The molecule has 0 aliphatic carbocycles. The van der Waals surface area contributed by atoms with Gasteiger partial charge in [0.1, 0.15) is 5.82 Å². The molecule has 1 N–H and O–H groups in total. The van der Waals surface area contributed by atoms with Crippen molar-refractivity contribution in [2.45, 2.75) is 0 Å². The number of carboxylic acid groups (broad SMARTS) is 1. The van der Waals surface area contributed by atoms with E-state index in [4.69, 9.17) is 0 Å². The van der Waals surface area contributed by atoms with Gasteiger partial charge in [0.2, 0.25) is 0 Å². The second kappa shape index (κ2) is 4.24. The van der Waals surface area contributed by atoms with Gasteiger partial charge in [-0.15, -0.1) is 0 Å². The standard InChI is InChI=1S/C15H10FNO2/c16-11-5-3-4-10(8-11)14-12(15(18)19)9-17-7-2-1-6-13(14)17/h1-9H,(H,18,19). The first kappa shape index (κ1) is 11.5. The quantitative estimate of drug-likeness (QED) is 0.762. The Bertz CT molecular complexity index is 777. The van der Waals surface area contributed by atoms with Crippen LogP contribution in [0.2, 0.25) is 0 Å².